The van der Waals surface area contributed by atoms with E-state index >= 15 is 0 Å². The summed E-state index contributed by atoms with van der Waals surface area (Å²) in [7, 11) is 0. The summed E-state index contributed by atoms with van der Waals surface area (Å²) >= 11 is 0. The molecule has 0 aromatic heterocycles. The summed E-state index contributed by atoms with van der Waals surface area (Å²) in [5.41, 5.74) is -1.93. The SMILES string of the molecule is O=C(CCC12CC3(CCC(=O)NCCO[C@@H]4O[C@H](CO)[C@@H](O)[C@H](O)[C@H]4O)CC(CCC(=O)NCCO[C@@H]4O[C@H](CO)[C@@H](O)[C@H](O)[C@H]4O)(C1)CC(NC(=O)OCc1ccccc1)(C2)C3)NCCO[C@@H]1O[C@H](CO)[C@@H](O)[C@H](O)[C@H]1O. The Morgan fingerprint density at radius 3 is 1.13 bits per heavy atom. The largest absolute Gasteiger partial charge is 0.445 e. The predicted molar refractivity (Wildman–Crippen MR) is 263 cm³/mol. The van der Waals surface area contributed by atoms with Crippen LogP contribution in [0.25, 0.3) is 0 Å². The summed E-state index contributed by atoms with van der Waals surface area (Å²) in [5, 5.41) is 132. The number of benzene rings is 1. The van der Waals surface area contributed by atoms with Crippen LogP contribution in [0, 0.1) is 16.2 Å². The molecule has 78 heavy (non-hydrogen) atoms. The topological polar surface area (TPSA) is 424 Å². The Hall–Kier alpha value is -3.82. The average Bonchev–Trinajstić information content (AvgIpc) is 3.61. The number of carbonyl (C=O) groups is 4. The third kappa shape index (κ3) is 15.2. The smallest absolute Gasteiger partial charge is 0.407 e. The van der Waals surface area contributed by atoms with Gasteiger partial charge in [0.25, 0.3) is 0 Å². The minimum Gasteiger partial charge on any atom is -0.445 e. The summed E-state index contributed by atoms with van der Waals surface area (Å²) in [4.78, 5) is 54.8. The molecule has 1 aromatic rings. The van der Waals surface area contributed by atoms with E-state index in [-0.39, 0.29) is 83.0 Å². The molecule has 442 valence electrons. The number of nitrogens with one attached hydrogen (secondary N) is 4. The zero-order valence-corrected chi connectivity index (χ0v) is 43.5. The van der Waals surface area contributed by atoms with Gasteiger partial charge < -0.3 is 116 Å². The van der Waals surface area contributed by atoms with Crippen molar-refractivity contribution in [2.24, 2.45) is 16.2 Å². The first-order chi connectivity index (χ1) is 37.2. The van der Waals surface area contributed by atoms with Gasteiger partial charge in [-0.05, 0) is 79.6 Å². The zero-order valence-electron chi connectivity index (χ0n) is 43.5. The number of aliphatic hydroxyl groups excluding tert-OH is 12. The van der Waals surface area contributed by atoms with Gasteiger partial charge in [-0.3, -0.25) is 14.4 Å². The Balaban J connectivity index is 1.03. The molecule has 27 nitrogen and oxygen atoms in total. The molecule has 15 atom stereocenters. The minimum absolute atomic E-state index is 0.00894. The monoisotopic (exact) mass is 1120 g/mol. The molecule has 0 spiro atoms. The first kappa shape index (κ1) is 61.8. The van der Waals surface area contributed by atoms with Crippen molar-refractivity contribution in [1.29, 1.82) is 0 Å². The van der Waals surface area contributed by atoms with E-state index in [1.54, 1.807) is 0 Å². The Bertz CT molecular complexity index is 1920. The molecular formula is C51H80N4O23. The van der Waals surface area contributed by atoms with Crippen LogP contribution in [0.1, 0.15) is 82.6 Å². The molecule has 7 fully saturated rings. The van der Waals surface area contributed by atoms with Crippen LogP contribution in [0.4, 0.5) is 4.79 Å². The van der Waals surface area contributed by atoms with E-state index in [0.717, 1.165) is 5.56 Å². The highest BCUT2D eigenvalue weighted by molar-refractivity contribution is 5.77. The van der Waals surface area contributed by atoms with Crippen molar-refractivity contribution in [1.82, 2.24) is 21.3 Å². The van der Waals surface area contributed by atoms with Crippen molar-refractivity contribution in [2.45, 2.75) is 181 Å². The fourth-order valence-electron chi connectivity index (χ4n) is 13.3. The van der Waals surface area contributed by atoms with Gasteiger partial charge in [-0.25, -0.2) is 4.79 Å². The van der Waals surface area contributed by atoms with Crippen LogP contribution >= 0.6 is 0 Å². The van der Waals surface area contributed by atoms with E-state index in [1.165, 1.54) is 0 Å². The lowest BCUT2D eigenvalue weighted by Gasteiger charge is -2.71. The number of hydrogen-bond donors (Lipinski definition) is 16. The van der Waals surface area contributed by atoms with Crippen LogP contribution < -0.4 is 21.3 Å². The first-order valence-corrected chi connectivity index (χ1v) is 26.7. The lowest BCUT2D eigenvalue weighted by Crippen LogP contribution is -2.69. The third-order valence-corrected chi connectivity index (χ3v) is 16.3. The van der Waals surface area contributed by atoms with Crippen molar-refractivity contribution < 1.29 is 114 Å². The molecule has 4 saturated carbocycles. The molecule has 27 heteroatoms. The first-order valence-electron chi connectivity index (χ1n) is 26.7. The van der Waals surface area contributed by atoms with Crippen molar-refractivity contribution in [2.75, 3.05) is 59.3 Å². The average molecular weight is 1120 g/mol. The Kier molecular flexibility index (Phi) is 21.6. The number of amides is 4. The molecule has 3 aliphatic heterocycles. The highest BCUT2D eigenvalue weighted by atomic mass is 16.7. The Morgan fingerprint density at radius 1 is 0.474 bits per heavy atom. The van der Waals surface area contributed by atoms with E-state index in [1.807, 2.05) is 30.3 Å². The standard InChI is InChI=1S/C51H80N4O23/c56-18-29-35(62)38(65)41(68)44(76-29)72-15-12-52-32(59)6-9-48-22-49(10-7-33(60)53-13-16-73-45-42(69)39(66)36(63)30(19-57)77-45)24-50(23-48,27-51(25-48,26-49)55-47(71)75-21-28-4-2-1-3-5-28)11-8-34(61)54-14-17-74-46-43(70)40(67)37(64)31(20-58)78-46/h1-5,29-31,35-46,56-58,62-70H,6-27H2,(H,52,59)(H,53,60)(H,54,61)(H,55,71)/t29-,30-,31-,35-,36-,37-,38+,39+,40+,41-,42-,43-,44-,45-,46-,48?,49?,50?,51?/m1/s1. The normalized spacial score (nSPS) is 39.1. The van der Waals surface area contributed by atoms with Crippen molar-refractivity contribution in [3.05, 3.63) is 35.9 Å². The van der Waals surface area contributed by atoms with Gasteiger partial charge in [-0.15, -0.1) is 0 Å². The van der Waals surface area contributed by atoms with Gasteiger partial charge in [-0.1, -0.05) is 30.3 Å². The van der Waals surface area contributed by atoms with Crippen molar-refractivity contribution >= 4 is 23.8 Å². The van der Waals surface area contributed by atoms with Crippen molar-refractivity contribution in [3.63, 3.8) is 0 Å². The molecule has 3 heterocycles. The van der Waals surface area contributed by atoms with Crippen LogP contribution in [0.5, 0.6) is 0 Å². The molecule has 4 bridgehead atoms. The Labute approximate surface area is 450 Å². The molecule has 1 aromatic carbocycles. The highest BCUT2D eigenvalue weighted by Gasteiger charge is 2.68. The quantitative estimate of drug-likeness (QED) is 0.0367. The minimum atomic E-state index is -1.64. The second-order valence-corrected chi connectivity index (χ2v) is 22.3. The number of carbonyl (C=O) groups excluding carboxylic acids is 4. The number of alkyl carbamates (subject to hydrolysis) is 1. The van der Waals surface area contributed by atoms with Crippen LogP contribution in [0.15, 0.2) is 30.3 Å². The van der Waals surface area contributed by atoms with Gasteiger partial charge in [0.1, 0.15) is 79.9 Å². The van der Waals surface area contributed by atoms with Crippen molar-refractivity contribution in [3.8, 4) is 0 Å². The molecule has 0 unspecified atom stereocenters. The van der Waals surface area contributed by atoms with E-state index < -0.39 is 140 Å². The molecule has 7 aliphatic rings. The number of ether oxygens (including phenoxy) is 7. The Morgan fingerprint density at radius 2 is 0.808 bits per heavy atom. The maximum atomic E-state index is 13.9. The second kappa shape index (κ2) is 27.3. The molecule has 0 radical (unpaired) electrons. The zero-order chi connectivity index (χ0) is 56.4. The fourth-order valence-corrected chi connectivity index (χ4v) is 13.3. The van der Waals surface area contributed by atoms with Crippen LogP contribution in [-0.2, 0) is 54.1 Å². The lowest BCUT2D eigenvalue weighted by molar-refractivity contribution is -0.300. The van der Waals surface area contributed by atoms with E-state index in [2.05, 4.69) is 21.3 Å². The van der Waals surface area contributed by atoms with Gasteiger partial charge in [-0.2, -0.15) is 0 Å². The lowest BCUT2D eigenvalue weighted by atomic mass is 9.35. The number of aliphatic hydroxyl groups is 12. The van der Waals surface area contributed by atoms with Gasteiger partial charge in [0.2, 0.25) is 17.7 Å². The van der Waals surface area contributed by atoms with Crippen LogP contribution in [0.3, 0.4) is 0 Å². The van der Waals surface area contributed by atoms with E-state index in [9.17, 15) is 80.5 Å². The second-order valence-electron chi connectivity index (χ2n) is 22.3. The number of rotatable bonds is 27. The summed E-state index contributed by atoms with van der Waals surface area (Å²) in [6, 6.07) is 9.13. The van der Waals surface area contributed by atoms with E-state index in [4.69, 9.17) is 33.2 Å². The molecule has 3 saturated heterocycles. The summed E-state index contributed by atoms with van der Waals surface area (Å²) < 4.78 is 38.7. The number of hydrogen-bond acceptors (Lipinski definition) is 23. The molecule has 8 rings (SSSR count). The summed E-state index contributed by atoms with van der Waals surface area (Å²) in [5.74, 6) is -1.02. The summed E-state index contributed by atoms with van der Waals surface area (Å²) in [6.45, 7) is -2.50. The van der Waals surface area contributed by atoms with Gasteiger partial charge in [0, 0.05) is 44.4 Å². The fraction of sp³-hybridized carbons (Fsp3) is 0.804. The molecule has 4 aliphatic carbocycles. The maximum absolute atomic E-state index is 13.9. The third-order valence-electron chi connectivity index (χ3n) is 16.3. The maximum Gasteiger partial charge on any atom is 0.407 e. The van der Waals surface area contributed by atoms with Gasteiger partial charge >= 0.3 is 6.09 Å². The highest BCUT2D eigenvalue weighted by Crippen LogP contribution is 2.74. The van der Waals surface area contributed by atoms with E-state index in [0.29, 0.717) is 57.8 Å². The summed E-state index contributed by atoms with van der Waals surface area (Å²) in [6.07, 6.45) is -18.6. The molecule has 4 amide bonds. The van der Waals surface area contributed by atoms with Crippen LogP contribution in [-0.4, -0.2) is 242 Å². The predicted octanol–water partition coefficient (Wildman–Crippen LogP) is -4.87. The van der Waals surface area contributed by atoms with Crippen LogP contribution in [0.2, 0.25) is 0 Å². The van der Waals surface area contributed by atoms with Gasteiger partial charge in [0.15, 0.2) is 18.9 Å². The molecule has 16 N–H and O–H groups in total. The van der Waals surface area contributed by atoms with Gasteiger partial charge in [0.05, 0.1) is 39.6 Å². The molecular weight excluding hydrogens is 1040 g/mol.